The second kappa shape index (κ2) is 2.28. The summed E-state index contributed by atoms with van der Waals surface area (Å²) < 4.78 is 0. The molecule has 1 saturated heterocycles. The second-order valence-electron chi connectivity index (χ2n) is 1.80. The van der Waals surface area contributed by atoms with Crippen LogP contribution in [0, 0.1) is 0 Å². The molecule has 0 spiro atoms. The summed E-state index contributed by atoms with van der Waals surface area (Å²) in [6.07, 6.45) is 0.427. The first-order chi connectivity index (χ1) is 4.20. The highest BCUT2D eigenvalue weighted by atomic mass is 32.1. The quantitative estimate of drug-likeness (QED) is 0.338. The highest BCUT2D eigenvalue weighted by Gasteiger charge is 2.15. The van der Waals surface area contributed by atoms with E-state index < -0.39 is 0 Å². The number of thiocarbonyl (C=S) groups is 1. The number of nitrogens with one attached hydrogen (secondary N) is 1. The third-order valence-corrected chi connectivity index (χ3v) is 1.42. The molecule has 50 valence electrons. The predicted molar refractivity (Wildman–Crippen MR) is 36.3 cm³/mol. The minimum absolute atomic E-state index is 0.0540. The summed E-state index contributed by atoms with van der Waals surface area (Å²) in [6, 6.07) is 0. The maximum atomic E-state index is 10.5. The number of amides is 1. The molecule has 1 aliphatic heterocycles. The van der Waals surface area contributed by atoms with Gasteiger partial charge in [-0.25, -0.2) is 5.84 Å². The van der Waals surface area contributed by atoms with Crippen LogP contribution in [0.2, 0.25) is 0 Å². The molecule has 0 aromatic rings. The fourth-order valence-electron chi connectivity index (χ4n) is 0.577. The zero-order valence-electron chi connectivity index (χ0n) is 4.76. The number of nitrogens with zero attached hydrogens (tertiary/aromatic N) is 1. The van der Waals surface area contributed by atoms with Crippen LogP contribution in [0.5, 0.6) is 0 Å². The van der Waals surface area contributed by atoms with Gasteiger partial charge in [0.25, 0.3) is 0 Å². The van der Waals surface area contributed by atoms with E-state index in [1.165, 1.54) is 5.01 Å². The van der Waals surface area contributed by atoms with Gasteiger partial charge < -0.3 is 5.32 Å². The van der Waals surface area contributed by atoms with Crippen molar-refractivity contribution in [2.75, 3.05) is 6.54 Å². The number of carbonyl (C=O) groups is 1. The predicted octanol–water partition coefficient (Wildman–Crippen LogP) is -1.03. The van der Waals surface area contributed by atoms with Gasteiger partial charge in [-0.15, -0.1) is 0 Å². The van der Waals surface area contributed by atoms with E-state index >= 15 is 0 Å². The smallest absolute Gasteiger partial charge is 0.227 e. The average Bonchev–Trinajstić information content (AvgIpc) is 1.80. The fourth-order valence-corrected chi connectivity index (χ4v) is 0.782. The number of hydrogen-bond acceptors (Lipinski definition) is 3. The minimum Gasteiger partial charge on any atom is -0.302 e. The molecule has 1 fully saturated rings. The maximum Gasteiger partial charge on any atom is 0.227 e. The Kier molecular flexibility index (Phi) is 1.63. The summed E-state index contributed by atoms with van der Waals surface area (Å²) in [5.74, 6) is 5.26. The maximum absolute atomic E-state index is 10.5. The van der Waals surface area contributed by atoms with Crippen molar-refractivity contribution in [3.63, 3.8) is 0 Å². The van der Waals surface area contributed by atoms with Crippen molar-refractivity contribution >= 4 is 23.2 Å². The third kappa shape index (κ3) is 1.36. The summed E-state index contributed by atoms with van der Waals surface area (Å²) in [5, 5.41) is 4.08. The van der Waals surface area contributed by atoms with Gasteiger partial charge in [0.2, 0.25) is 5.91 Å². The molecule has 0 aliphatic carbocycles. The summed E-state index contributed by atoms with van der Waals surface area (Å²) in [5.41, 5.74) is 0. The zero-order valence-corrected chi connectivity index (χ0v) is 5.57. The van der Waals surface area contributed by atoms with E-state index in [2.05, 4.69) is 17.5 Å². The van der Waals surface area contributed by atoms with Crippen molar-refractivity contribution in [3.05, 3.63) is 0 Å². The molecule has 1 amide bonds. The van der Waals surface area contributed by atoms with Crippen LogP contribution in [0.25, 0.3) is 0 Å². The Morgan fingerprint density at radius 2 is 2.44 bits per heavy atom. The largest absolute Gasteiger partial charge is 0.302 e. The lowest BCUT2D eigenvalue weighted by Gasteiger charge is -2.23. The van der Waals surface area contributed by atoms with Crippen molar-refractivity contribution in [2.24, 2.45) is 5.84 Å². The molecule has 1 rings (SSSR count). The van der Waals surface area contributed by atoms with Crippen LogP contribution in [0.15, 0.2) is 0 Å². The van der Waals surface area contributed by atoms with E-state index in [0.717, 1.165) is 0 Å². The summed E-state index contributed by atoms with van der Waals surface area (Å²) in [7, 11) is 0. The van der Waals surface area contributed by atoms with E-state index in [1.807, 2.05) is 0 Å². The van der Waals surface area contributed by atoms with Gasteiger partial charge in [-0.05, 0) is 12.2 Å². The lowest BCUT2D eigenvalue weighted by molar-refractivity contribution is -0.120. The van der Waals surface area contributed by atoms with E-state index in [9.17, 15) is 4.79 Å². The SMILES string of the molecule is NN1CCC(=O)NC1=S. The second-order valence-corrected chi connectivity index (χ2v) is 2.18. The lowest BCUT2D eigenvalue weighted by atomic mass is 10.3. The first-order valence-electron chi connectivity index (χ1n) is 2.56. The Morgan fingerprint density at radius 3 is 2.89 bits per heavy atom. The van der Waals surface area contributed by atoms with E-state index in [-0.39, 0.29) is 5.91 Å². The molecule has 0 unspecified atom stereocenters. The number of nitrogens with two attached hydrogens (primary N) is 1. The van der Waals surface area contributed by atoms with Crippen LogP contribution < -0.4 is 11.2 Å². The van der Waals surface area contributed by atoms with E-state index in [1.54, 1.807) is 0 Å². The molecular weight excluding hydrogens is 138 g/mol. The number of rotatable bonds is 0. The summed E-state index contributed by atoms with van der Waals surface area (Å²) in [6.45, 7) is 0.519. The van der Waals surface area contributed by atoms with Gasteiger partial charge in [0, 0.05) is 13.0 Å². The fraction of sp³-hybridized carbons (Fsp3) is 0.500. The van der Waals surface area contributed by atoms with Crippen LogP contribution >= 0.6 is 12.2 Å². The lowest BCUT2D eigenvalue weighted by Crippen LogP contribution is -2.52. The topological polar surface area (TPSA) is 58.4 Å². The monoisotopic (exact) mass is 145 g/mol. The first kappa shape index (κ1) is 6.44. The zero-order chi connectivity index (χ0) is 6.85. The molecule has 0 atom stereocenters. The van der Waals surface area contributed by atoms with Crippen LogP contribution in [0.1, 0.15) is 6.42 Å². The molecule has 0 aromatic heterocycles. The normalized spacial score (nSPS) is 19.9. The highest BCUT2D eigenvalue weighted by Crippen LogP contribution is 1.92. The van der Waals surface area contributed by atoms with Gasteiger partial charge in [-0.2, -0.15) is 0 Å². The van der Waals surface area contributed by atoms with Crippen LogP contribution in [-0.2, 0) is 4.79 Å². The van der Waals surface area contributed by atoms with Crippen LogP contribution in [-0.4, -0.2) is 22.6 Å². The molecule has 4 nitrogen and oxygen atoms in total. The first-order valence-corrected chi connectivity index (χ1v) is 2.97. The Bertz CT molecular complexity index is 158. The molecule has 3 N–H and O–H groups in total. The van der Waals surface area contributed by atoms with Crippen molar-refractivity contribution in [2.45, 2.75) is 6.42 Å². The Balaban J connectivity index is 2.54. The van der Waals surface area contributed by atoms with Gasteiger partial charge in [-0.1, -0.05) is 0 Å². The molecule has 5 heteroatoms. The third-order valence-electron chi connectivity index (χ3n) is 1.09. The highest BCUT2D eigenvalue weighted by molar-refractivity contribution is 7.80. The molecule has 1 aliphatic rings. The van der Waals surface area contributed by atoms with Crippen molar-refractivity contribution in [3.8, 4) is 0 Å². The van der Waals surface area contributed by atoms with E-state index in [4.69, 9.17) is 5.84 Å². The molecule has 0 bridgehead atoms. The molecular formula is C4H7N3OS. The summed E-state index contributed by atoms with van der Waals surface area (Å²) >= 11 is 4.67. The Morgan fingerprint density at radius 1 is 1.78 bits per heavy atom. The molecule has 9 heavy (non-hydrogen) atoms. The summed E-state index contributed by atoms with van der Waals surface area (Å²) in [4.78, 5) is 10.5. The van der Waals surface area contributed by atoms with Gasteiger partial charge >= 0.3 is 0 Å². The number of hydrazine groups is 1. The average molecular weight is 145 g/mol. The van der Waals surface area contributed by atoms with Crippen LogP contribution in [0.4, 0.5) is 0 Å². The number of carbonyl (C=O) groups excluding carboxylic acids is 1. The van der Waals surface area contributed by atoms with Gasteiger partial charge in [0.15, 0.2) is 5.11 Å². The van der Waals surface area contributed by atoms with Crippen molar-refractivity contribution in [1.82, 2.24) is 10.3 Å². The van der Waals surface area contributed by atoms with E-state index in [0.29, 0.717) is 18.1 Å². The van der Waals surface area contributed by atoms with Crippen LogP contribution in [0.3, 0.4) is 0 Å². The molecule has 0 radical (unpaired) electrons. The minimum atomic E-state index is -0.0540. The molecule has 0 saturated carbocycles. The van der Waals surface area contributed by atoms with Crippen molar-refractivity contribution < 1.29 is 4.79 Å². The molecule has 1 heterocycles. The Labute approximate surface area is 58.0 Å². The molecule has 0 aromatic carbocycles. The standard InChI is InChI=1S/C4H7N3OS/c5-7-2-1-3(8)6-4(7)9/h1-2,5H2,(H,6,8,9). The van der Waals surface area contributed by atoms with Gasteiger partial charge in [0.05, 0.1) is 0 Å². The Hall–Kier alpha value is -0.680. The number of hydrogen-bond donors (Lipinski definition) is 2. The van der Waals surface area contributed by atoms with Gasteiger partial charge in [-0.3, -0.25) is 9.80 Å². The van der Waals surface area contributed by atoms with Crippen molar-refractivity contribution in [1.29, 1.82) is 0 Å². The van der Waals surface area contributed by atoms with Gasteiger partial charge in [0.1, 0.15) is 0 Å².